The second-order valence-corrected chi connectivity index (χ2v) is 2.17. The van der Waals surface area contributed by atoms with Crippen LogP contribution in [0.15, 0.2) is 23.8 Å². The highest BCUT2D eigenvalue weighted by molar-refractivity contribution is 7.93. The molecule has 1 heterocycles. The largest absolute Gasteiger partial charge is 0.354 e. The van der Waals surface area contributed by atoms with Crippen LogP contribution < -0.4 is 4.72 Å². The van der Waals surface area contributed by atoms with Gasteiger partial charge in [0.05, 0.1) is 3.89 Å². The van der Waals surface area contributed by atoms with Crippen molar-refractivity contribution in [3.05, 3.63) is 23.8 Å². The van der Waals surface area contributed by atoms with Crippen LogP contribution in [0.1, 0.15) is 0 Å². The van der Waals surface area contributed by atoms with Crippen LogP contribution in [0.4, 0.5) is 3.89 Å². The Morgan fingerprint density at radius 3 is 2.57 bits per heavy atom. The first kappa shape index (κ1) is 4.71. The minimum absolute atomic E-state index is 1.21. The summed E-state index contributed by atoms with van der Waals surface area (Å²) >= 11 is -1.21. The predicted molar refractivity (Wildman–Crippen MR) is 29.9 cm³/mol. The topological polar surface area (TPSA) is 12.0 Å². The Morgan fingerprint density at radius 2 is 2.29 bits per heavy atom. The molecule has 1 atom stereocenters. The van der Waals surface area contributed by atoms with Crippen LogP contribution in [0.25, 0.3) is 0 Å². The normalized spacial score (nSPS) is 27.3. The number of allylic oxidation sites excluding steroid dienone is 2. The van der Waals surface area contributed by atoms with Crippen molar-refractivity contribution in [2.24, 2.45) is 0 Å². The van der Waals surface area contributed by atoms with E-state index in [2.05, 4.69) is 4.72 Å². The van der Waals surface area contributed by atoms with Crippen molar-refractivity contribution in [1.29, 1.82) is 0 Å². The Bertz CT molecular complexity index is 110. The molecule has 0 saturated heterocycles. The Hall–Kier alpha value is -0.440. The van der Waals surface area contributed by atoms with E-state index in [1.165, 1.54) is 5.41 Å². The van der Waals surface area contributed by atoms with Crippen molar-refractivity contribution < 1.29 is 3.89 Å². The van der Waals surface area contributed by atoms with Gasteiger partial charge in [-0.1, -0.05) is 0 Å². The van der Waals surface area contributed by atoms with Gasteiger partial charge in [0.1, 0.15) is 0 Å². The molecule has 0 radical (unpaired) electrons. The summed E-state index contributed by atoms with van der Waals surface area (Å²) in [5, 5.41) is 1.47. The first-order chi connectivity index (χ1) is 3.39. The minimum Gasteiger partial charge on any atom is -0.175 e. The minimum atomic E-state index is -1.21. The van der Waals surface area contributed by atoms with Crippen molar-refractivity contribution in [2.45, 2.75) is 0 Å². The van der Waals surface area contributed by atoms with Crippen LogP contribution in [0.3, 0.4) is 0 Å². The van der Waals surface area contributed by atoms with Gasteiger partial charge in [-0.05, 0) is 12.2 Å². The molecule has 3 heteroatoms. The van der Waals surface area contributed by atoms with Crippen molar-refractivity contribution in [2.75, 3.05) is 0 Å². The zero-order valence-electron chi connectivity index (χ0n) is 3.60. The fourth-order valence-electron chi connectivity index (χ4n) is 0.313. The molecule has 7 heavy (non-hydrogen) atoms. The van der Waals surface area contributed by atoms with E-state index in [4.69, 9.17) is 0 Å². The second kappa shape index (κ2) is 2.02. The highest BCUT2D eigenvalue weighted by Gasteiger charge is 2.11. The van der Waals surface area contributed by atoms with Gasteiger partial charge >= 0.3 is 11.5 Å². The molecule has 0 saturated carbocycles. The molecule has 0 aromatic heterocycles. The maximum atomic E-state index is 12.0. The molecule has 0 aromatic carbocycles. The fraction of sp³-hybridized carbons (Fsp3) is 0. The van der Waals surface area contributed by atoms with Gasteiger partial charge in [0, 0.05) is 6.20 Å². The predicted octanol–water partition coefficient (Wildman–Crippen LogP) is 1.03. The zero-order valence-corrected chi connectivity index (χ0v) is 4.41. The van der Waals surface area contributed by atoms with Gasteiger partial charge in [-0.3, -0.25) is 0 Å². The Morgan fingerprint density at radius 1 is 1.43 bits per heavy atom. The van der Waals surface area contributed by atoms with Crippen LogP contribution in [-0.4, -0.2) is 0 Å². The molecule has 0 aliphatic carbocycles. The Balaban J connectivity index is 2.49. The first-order valence-electron chi connectivity index (χ1n) is 1.88. The van der Waals surface area contributed by atoms with Crippen molar-refractivity contribution in [3.63, 3.8) is 0 Å². The van der Waals surface area contributed by atoms with E-state index in [9.17, 15) is 3.89 Å². The summed E-state index contributed by atoms with van der Waals surface area (Å²) in [4.78, 5) is 0. The lowest BCUT2D eigenvalue weighted by Crippen LogP contribution is -2.10. The SMILES string of the molecule is F[S+]1C=CC=CN1. The maximum absolute atomic E-state index is 12.0. The van der Waals surface area contributed by atoms with Gasteiger partial charge in [0.2, 0.25) is 0 Å². The highest BCUT2D eigenvalue weighted by atomic mass is 32.2. The molecule has 0 fully saturated rings. The maximum Gasteiger partial charge on any atom is 0.354 e. The zero-order chi connectivity index (χ0) is 5.11. The van der Waals surface area contributed by atoms with E-state index in [1.54, 1.807) is 18.4 Å². The van der Waals surface area contributed by atoms with E-state index in [0.717, 1.165) is 0 Å². The summed E-state index contributed by atoms with van der Waals surface area (Å²) in [5.74, 6) is 0. The van der Waals surface area contributed by atoms with Crippen LogP contribution in [-0.2, 0) is 11.5 Å². The third kappa shape index (κ3) is 1.23. The lowest BCUT2D eigenvalue weighted by atomic mass is 10.6. The number of hydrogen-bond acceptors (Lipinski definition) is 1. The van der Waals surface area contributed by atoms with E-state index >= 15 is 0 Å². The average Bonchev–Trinajstić information content (AvgIpc) is 1.69. The van der Waals surface area contributed by atoms with Crippen LogP contribution in [0.5, 0.6) is 0 Å². The lowest BCUT2D eigenvalue weighted by Gasteiger charge is -1.88. The number of hydrogen-bond donors (Lipinski definition) is 1. The number of rotatable bonds is 0. The summed E-state index contributed by atoms with van der Waals surface area (Å²) in [5.41, 5.74) is 0. The van der Waals surface area contributed by atoms with Crippen molar-refractivity contribution in [3.8, 4) is 0 Å². The Labute approximate surface area is 44.7 Å². The molecule has 0 amide bonds. The molecule has 0 spiro atoms. The molecular weight excluding hydrogens is 113 g/mol. The third-order valence-electron chi connectivity index (χ3n) is 0.586. The molecule has 1 aliphatic rings. The standard InChI is InChI=1S/C4H5FNS/c5-7-4-2-1-3-6-7/h1-4,6H/q+1. The van der Waals surface area contributed by atoms with Crippen LogP contribution in [0.2, 0.25) is 0 Å². The quantitative estimate of drug-likeness (QED) is 0.468. The third-order valence-corrected chi connectivity index (χ3v) is 1.34. The molecular formula is C4H5FNS+. The summed E-state index contributed by atoms with van der Waals surface area (Å²) in [6, 6.07) is 0. The molecule has 1 unspecified atom stereocenters. The number of halogens is 1. The van der Waals surface area contributed by atoms with Crippen molar-refractivity contribution in [1.82, 2.24) is 4.72 Å². The molecule has 1 rings (SSSR count). The van der Waals surface area contributed by atoms with Gasteiger partial charge in [-0.2, -0.15) is 4.72 Å². The molecule has 1 aliphatic heterocycles. The summed E-state index contributed by atoms with van der Waals surface area (Å²) < 4.78 is 14.4. The van der Waals surface area contributed by atoms with Gasteiger partial charge < -0.3 is 0 Å². The number of nitrogens with one attached hydrogen (secondary N) is 1. The molecule has 38 valence electrons. The van der Waals surface area contributed by atoms with Crippen LogP contribution >= 0.6 is 0 Å². The van der Waals surface area contributed by atoms with Crippen LogP contribution in [0, 0.1) is 0 Å². The van der Waals surface area contributed by atoms with E-state index in [-0.39, 0.29) is 0 Å². The monoisotopic (exact) mass is 118 g/mol. The van der Waals surface area contributed by atoms with Crippen molar-refractivity contribution >= 4 is 11.5 Å². The molecule has 1 nitrogen and oxygen atoms in total. The van der Waals surface area contributed by atoms with Gasteiger partial charge in [-0.25, -0.2) is 0 Å². The van der Waals surface area contributed by atoms with Gasteiger partial charge in [0.25, 0.3) is 0 Å². The summed E-state index contributed by atoms with van der Waals surface area (Å²) in [6.45, 7) is 0. The fourth-order valence-corrected chi connectivity index (χ4v) is 0.829. The first-order valence-corrected chi connectivity index (χ1v) is 3.07. The molecule has 1 N–H and O–H groups in total. The van der Waals surface area contributed by atoms with Gasteiger partial charge in [0.15, 0.2) is 5.41 Å². The molecule has 0 aromatic rings. The molecule has 0 bridgehead atoms. The van der Waals surface area contributed by atoms with E-state index in [1.807, 2.05) is 0 Å². The lowest BCUT2D eigenvalue weighted by molar-refractivity contribution is 0.902. The van der Waals surface area contributed by atoms with Gasteiger partial charge in [-0.15, -0.1) is 0 Å². The summed E-state index contributed by atoms with van der Waals surface area (Å²) in [7, 11) is 0. The smallest absolute Gasteiger partial charge is 0.175 e. The average molecular weight is 118 g/mol. The van der Waals surface area contributed by atoms with E-state index in [0.29, 0.717) is 0 Å². The Kier molecular flexibility index (Phi) is 1.36. The second-order valence-electron chi connectivity index (χ2n) is 1.09. The van der Waals surface area contributed by atoms with E-state index < -0.39 is 11.5 Å². The summed E-state index contributed by atoms with van der Waals surface area (Å²) in [6.07, 6.45) is 5.02. The highest BCUT2D eigenvalue weighted by Crippen LogP contribution is 1.98.